The van der Waals surface area contributed by atoms with Gasteiger partial charge >= 0.3 is 6.09 Å². The van der Waals surface area contributed by atoms with Gasteiger partial charge in [0.1, 0.15) is 6.61 Å². The second-order valence-corrected chi connectivity index (χ2v) is 5.67. The Bertz CT molecular complexity index is 505. The molecule has 2 unspecified atom stereocenters. The van der Waals surface area contributed by atoms with Crippen LogP contribution in [0.5, 0.6) is 0 Å². The lowest BCUT2D eigenvalue weighted by Gasteiger charge is -2.17. The van der Waals surface area contributed by atoms with Gasteiger partial charge in [0.2, 0.25) is 5.91 Å². The van der Waals surface area contributed by atoms with Crippen LogP contribution in [-0.2, 0) is 16.1 Å². The summed E-state index contributed by atoms with van der Waals surface area (Å²) in [5.41, 5.74) is 6.46. The predicted molar refractivity (Wildman–Crippen MR) is 83.0 cm³/mol. The maximum Gasteiger partial charge on any atom is 0.410 e. The number of likely N-dealkylation sites (tertiary alicyclic amines) is 1. The van der Waals surface area contributed by atoms with Crippen LogP contribution < -0.4 is 11.1 Å². The normalized spacial score (nSPS) is 18.8. The highest BCUT2D eigenvalue weighted by Gasteiger charge is 2.27. The first-order valence-electron chi connectivity index (χ1n) is 7.55. The third-order valence-electron chi connectivity index (χ3n) is 3.73. The van der Waals surface area contributed by atoms with E-state index in [1.54, 1.807) is 11.8 Å². The Hall–Kier alpha value is -2.08. The van der Waals surface area contributed by atoms with Crippen molar-refractivity contribution in [3.63, 3.8) is 0 Å². The Labute approximate surface area is 130 Å². The van der Waals surface area contributed by atoms with Gasteiger partial charge < -0.3 is 20.7 Å². The van der Waals surface area contributed by atoms with Crippen LogP contribution in [-0.4, -0.2) is 42.6 Å². The third kappa shape index (κ3) is 4.73. The first-order valence-corrected chi connectivity index (χ1v) is 7.55. The highest BCUT2D eigenvalue weighted by atomic mass is 16.6. The molecule has 22 heavy (non-hydrogen) atoms. The van der Waals surface area contributed by atoms with E-state index in [0.717, 1.165) is 12.0 Å². The van der Waals surface area contributed by atoms with Crippen LogP contribution in [0.15, 0.2) is 30.3 Å². The Morgan fingerprint density at radius 1 is 1.41 bits per heavy atom. The Morgan fingerprint density at radius 2 is 2.14 bits per heavy atom. The average Bonchev–Trinajstić information content (AvgIpc) is 3.00. The zero-order valence-corrected chi connectivity index (χ0v) is 12.8. The summed E-state index contributed by atoms with van der Waals surface area (Å²) >= 11 is 0. The molecule has 0 spiro atoms. The van der Waals surface area contributed by atoms with Crippen LogP contribution in [0.2, 0.25) is 0 Å². The molecule has 2 rings (SSSR count). The van der Waals surface area contributed by atoms with E-state index in [-0.39, 0.29) is 24.5 Å². The van der Waals surface area contributed by atoms with Gasteiger partial charge in [-0.15, -0.1) is 0 Å². The zero-order chi connectivity index (χ0) is 15.9. The lowest BCUT2D eigenvalue weighted by molar-refractivity contribution is -0.122. The fraction of sp³-hybridized carbons (Fsp3) is 0.500. The third-order valence-corrected chi connectivity index (χ3v) is 3.73. The van der Waals surface area contributed by atoms with Crippen LogP contribution >= 0.6 is 0 Å². The van der Waals surface area contributed by atoms with Crippen molar-refractivity contribution in [1.29, 1.82) is 0 Å². The van der Waals surface area contributed by atoms with Crippen molar-refractivity contribution in [2.75, 3.05) is 19.6 Å². The van der Waals surface area contributed by atoms with E-state index < -0.39 is 6.04 Å². The highest BCUT2D eigenvalue weighted by molar-refractivity contribution is 5.80. The second-order valence-electron chi connectivity index (χ2n) is 5.67. The van der Waals surface area contributed by atoms with Gasteiger partial charge in [-0.3, -0.25) is 4.79 Å². The van der Waals surface area contributed by atoms with Gasteiger partial charge in [0, 0.05) is 19.6 Å². The summed E-state index contributed by atoms with van der Waals surface area (Å²) < 4.78 is 5.30. The summed E-state index contributed by atoms with van der Waals surface area (Å²) in [4.78, 5) is 25.1. The number of hydrogen-bond donors (Lipinski definition) is 2. The van der Waals surface area contributed by atoms with Gasteiger partial charge in [0.15, 0.2) is 0 Å². The van der Waals surface area contributed by atoms with E-state index in [4.69, 9.17) is 10.5 Å². The number of ether oxygens (including phenoxy) is 1. The molecular weight excluding hydrogens is 282 g/mol. The molecule has 2 atom stereocenters. The lowest BCUT2D eigenvalue weighted by atomic mass is 10.1. The van der Waals surface area contributed by atoms with Crippen LogP contribution in [0.4, 0.5) is 4.79 Å². The van der Waals surface area contributed by atoms with Gasteiger partial charge in [0.05, 0.1) is 6.04 Å². The van der Waals surface area contributed by atoms with Crippen molar-refractivity contribution in [2.24, 2.45) is 11.7 Å². The summed E-state index contributed by atoms with van der Waals surface area (Å²) in [6, 6.07) is 9.08. The molecule has 0 aromatic heterocycles. The van der Waals surface area contributed by atoms with E-state index in [1.807, 2.05) is 30.3 Å². The molecule has 1 aromatic carbocycles. The molecule has 3 N–H and O–H groups in total. The Morgan fingerprint density at radius 3 is 2.82 bits per heavy atom. The minimum absolute atomic E-state index is 0.162. The van der Waals surface area contributed by atoms with Crippen molar-refractivity contribution in [2.45, 2.75) is 26.0 Å². The first kappa shape index (κ1) is 16.3. The average molecular weight is 305 g/mol. The van der Waals surface area contributed by atoms with E-state index >= 15 is 0 Å². The van der Waals surface area contributed by atoms with Gasteiger partial charge in [0.25, 0.3) is 0 Å². The van der Waals surface area contributed by atoms with E-state index in [0.29, 0.717) is 19.6 Å². The molecule has 0 aliphatic carbocycles. The van der Waals surface area contributed by atoms with Crippen molar-refractivity contribution < 1.29 is 14.3 Å². The summed E-state index contributed by atoms with van der Waals surface area (Å²) in [6.07, 6.45) is 0.560. The van der Waals surface area contributed by atoms with E-state index in [2.05, 4.69) is 5.32 Å². The van der Waals surface area contributed by atoms with Crippen LogP contribution in [0.3, 0.4) is 0 Å². The lowest BCUT2D eigenvalue weighted by Crippen LogP contribution is -2.41. The topological polar surface area (TPSA) is 84.7 Å². The molecule has 1 heterocycles. The standard InChI is InChI=1S/C16H23N3O3/c1-12(17)15(20)18-9-14-7-8-19(10-14)16(21)22-11-13-5-3-2-4-6-13/h2-6,12,14H,7-11,17H2,1H3,(H,18,20). The number of nitrogens with zero attached hydrogens (tertiary/aromatic N) is 1. The molecule has 0 bridgehead atoms. The molecule has 0 radical (unpaired) electrons. The SMILES string of the molecule is CC(N)C(=O)NCC1CCN(C(=O)OCc2ccccc2)C1. The zero-order valence-electron chi connectivity index (χ0n) is 12.8. The van der Waals surface area contributed by atoms with Gasteiger partial charge in [-0.05, 0) is 24.8 Å². The summed E-state index contributed by atoms with van der Waals surface area (Å²) in [6.45, 7) is 3.74. The van der Waals surface area contributed by atoms with Crippen LogP contribution in [0, 0.1) is 5.92 Å². The fourth-order valence-corrected chi connectivity index (χ4v) is 2.38. The number of benzene rings is 1. The maximum absolute atomic E-state index is 12.0. The van der Waals surface area contributed by atoms with Crippen molar-refractivity contribution in [3.05, 3.63) is 35.9 Å². The first-order chi connectivity index (χ1) is 10.6. The predicted octanol–water partition coefficient (Wildman–Crippen LogP) is 1.11. The van der Waals surface area contributed by atoms with Crippen LogP contribution in [0.1, 0.15) is 18.9 Å². The van der Waals surface area contributed by atoms with E-state index in [1.165, 1.54) is 0 Å². The number of nitrogens with two attached hydrogens (primary N) is 1. The molecule has 0 saturated carbocycles. The number of hydrogen-bond acceptors (Lipinski definition) is 4. The molecule has 2 amide bonds. The second kappa shape index (κ2) is 7.79. The molecule has 1 aliphatic rings. The van der Waals surface area contributed by atoms with E-state index in [9.17, 15) is 9.59 Å². The molecule has 120 valence electrons. The highest BCUT2D eigenvalue weighted by Crippen LogP contribution is 2.17. The van der Waals surface area contributed by atoms with Gasteiger partial charge in [-0.1, -0.05) is 30.3 Å². The molecule has 1 fully saturated rings. The summed E-state index contributed by atoms with van der Waals surface area (Å²) in [7, 11) is 0. The number of nitrogens with one attached hydrogen (secondary N) is 1. The molecule has 1 aliphatic heterocycles. The molecule has 1 saturated heterocycles. The quantitative estimate of drug-likeness (QED) is 0.853. The molecule has 1 aromatic rings. The van der Waals surface area contributed by atoms with Crippen molar-refractivity contribution in [1.82, 2.24) is 10.2 Å². The molecule has 6 nitrogen and oxygen atoms in total. The van der Waals surface area contributed by atoms with Crippen molar-refractivity contribution >= 4 is 12.0 Å². The summed E-state index contributed by atoms with van der Waals surface area (Å²) in [5, 5.41) is 2.80. The number of rotatable bonds is 5. The Balaban J connectivity index is 1.71. The summed E-state index contributed by atoms with van der Waals surface area (Å²) in [5.74, 6) is 0.0945. The number of amides is 2. The monoisotopic (exact) mass is 305 g/mol. The minimum atomic E-state index is -0.506. The largest absolute Gasteiger partial charge is 0.445 e. The maximum atomic E-state index is 12.0. The van der Waals surface area contributed by atoms with Gasteiger partial charge in [-0.2, -0.15) is 0 Å². The fourth-order valence-electron chi connectivity index (χ4n) is 2.38. The Kier molecular flexibility index (Phi) is 5.77. The van der Waals surface area contributed by atoms with Gasteiger partial charge in [-0.25, -0.2) is 4.79 Å². The smallest absolute Gasteiger partial charge is 0.410 e. The minimum Gasteiger partial charge on any atom is -0.445 e. The molecular formula is C16H23N3O3. The molecule has 6 heteroatoms. The number of carbonyl (C=O) groups is 2. The van der Waals surface area contributed by atoms with Crippen molar-refractivity contribution in [3.8, 4) is 0 Å². The van der Waals surface area contributed by atoms with Crippen LogP contribution in [0.25, 0.3) is 0 Å². The number of carbonyl (C=O) groups excluding carboxylic acids is 2.